The van der Waals surface area contributed by atoms with Gasteiger partial charge in [0.2, 0.25) is 5.91 Å². The SMILES string of the molecule is Cc1nc(SCC(=O)Nc2cccc(F)c2)c(C(N)=O)c(C)c1C. The van der Waals surface area contributed by atoms with Crippen molar-refractivity contribution >= 4 is 29.3 Å². The Morgan fingerprint density at radius 1 is 1.25 bits per heavy atom. The summed E-state index contributed by atoms with van der Waals surface area (Å²) in [6.07, 6.45) is 0. The highest BCUT2D eigenvalue weighted by atomic mass is 32.2. The lowest BCUT2D eigenvalue weighted by molar-refractivity contribution is -0.113. The van der Waals surface area contributed by atoms with Crippen LogP contribution in [0.4, 0.5) is 10.1 Å². The number of pyridine rings is 1. The van der Waals surface area contributed by atoms with Crippen LogP contribution in [0.25, 0.3) is 0 Å². The van der Waals surface area contributed by atoms with Gasteiger partial charge in [-0.2, -0.15) is 0 Å². The molecule has 5 nitrogen and oxygen atoms in total. The van der Waals surface area contributed by atoms with Gasteiger partial charge in [-0.1, -0.05) is 17.8 Å². The first-order valence-corrected chi connectivity index (χ1v) is 8.24. The van der Waals surface area contributed by atoms with Crippen molar-refractivity contribution in [1.82, 2.24) is 4.98 Å². The van der Waals surface area contributed by atoms with Crippen molar-refractivity contribution in [3.05, 3.63) is 52.5 Å². The monoisotopic (exact) mass is 347 g/mol. The maximum absolute atomic E-state index is 13.1. The Hall–Kier alpha value is -2.41. The van der Waals surface area contributed by atoms with Crippen LogP contribution in [0.5, 0.6) is 0 Å². The number of aromatic nitrogens is 1. The summed E-state index contributed by atoms with van der Waals surface area (Å²) in [5, 5.41) is 3.03. The number of carbonyl (C=O) groups is 2. The van der Waals surface area contributed by atoms with E-state index in [4.69, 9.17) is 5.73 Å². The number of benzene rings is 1. The minimum Gasteiger partial charge on any atom is -0.366 e. The fourth-order valence-corrected chi connectivity index (χ4v) is 3.14. The molecule has 0 fully saturated rings. The van der Waals surface area contributed by atoms with Crippen molar-refractivity contribution in [2.75, 3.05) is 11.1 Å². The van der Waals surface area contributed by atoms with Crippen LogP contribution in [0.1, 0.15) is 27.2 Å². The summed E-state index contributed by atoms with van der Waals surface area (Å²) >= 11 is 1.13. The molecule has 24 heavy (non-hydrogen) atoms. The van der Waals surface area contributed by atoms with Gasteiger partial charge in [0.1, 0.15) is 10.8 Å². The summed E-state index contributed by atoms with van der Waals surface area (Å²) in [6, 6.07) is 5.64. The molecule has 0 radical (unpaired) electrons. The highest BCUT2D eigenvalue weighted by molar-refractivity contribution is 8.00. The van der Waals surface area contributed by atoms with Gasteiger partial charge in [0.25, 0.3) is 5.91 Å². The second kappa shape index (κ2) is 7.44. The van der Waals surface area contributed by atoms with Crippen molar-refractivity contribution in [2.45, 2.75) is 25.8 Å². The molecule has 0 spiro atoms. The van der Waals surface area contributed by atoms with E-state index >= 15 is 0 Å². The van der Waals surface area contributed by atoms with Crippen LogP contribution in [0, 0.1) is 26.6 Å². The molecule has 0 saturated heterocycles. The molecule has 0 aliphatic heterocycles. The molecule has 2 aromatic rings. The topological polar surface area (TPSA) is 85.1 Å². The second-order valence-electron chi connectivity index (χ2n) is 5.34. The number of amides is 2. The van der Waals surface area contributed by atoms with Crippen LogP contribution in [0.3, 0.4) is 0 Å². The standard InChI is InChI=1S/C17H18FN3O2S/c1-9-10(2)15(16(19)23)17(20-11(9)3)24-8-14(22)21-13-6-4-5-12(18)7-13/h4-7H,8H2,1-3H3,(H2,19,23)(H,21,22). The maximum Gasteiger partial charge on any atom is 0.251 e. The first-order chi connectivity index (χ1) is 11.3. The van der Waals surface area contributed by atoms with E-state index in [0.717, 1.165) is 28.6 Å². The fraction of sp³-hybridized carbons (Fsp3) is 0.235. The van der Waals surface area contributed by atoms with Crippen molar-refractivity contribution in [1.29, 1.82) is 0 Å². The number of thioether (sulfide) groups is 1. The van der Waals surface area contributed by atoms with E-state index in [0.29, 0.717) is 16.3 Å². The van der Waals surface area contributed by atoms with Crippen molar-refractivity contribution in [3.63, 3.8) is 0 Å². The number of nitrogens with one attached hydrogen (secondary N) is 1. The Morgan fingerprint density at radius 3 is 2.58 bits per heavy atom. The molecular weight excluding hydrogens is 329 g/mol. The van der Waals surface area contributed by atoms with E-state index < -0.39 is 11.7 Å². The van der Waals surface area contributed by atoms with Crippen molar-refractivity contribution in [3.8, 4) is 0 Å². The van der Waals surface area contributed by atoms with E-state index in [9.17, 15) is 14.0 Å². The highest BCUT2D eigenvalue weighted by Gasteiger charge is 2.18. The maximum atomic E-state index is 13.1. The van der Waals surface area contributed by atoms with Crippen LogP contribution >= 0.6 is 11.8 Å². The molecule has 0 aliphatic carbocycles. The van der Waals surface area contributed by atoms with Gasteiger partial charge < -0.3 is 11.1 Å². The van der Waals surface area contributed by atoms with Crippen molar-refractivity contribution in [2.24, 2.45) is 5.73 Å². The average molecular weight is 347 g/mol. The molecule has 0 unspecified atom stereocenters. The number of carbonyl (C=O) groups excluding carboxylic acids is 2. The number of halogens is 1. The summed E-state index contributed by atoms with van der Waals surface area (Å²) < 4.78 is 13.1. The lowest BCUT2D eigenvalue weighted by Crippen LogP contribution is -2.18. The quantitative estimate of drug-likeness (QED) is 0.814. The number of hydrogen-bond donors (Lipinski definition) is 2. The third-order valence-corrected chi connectivity index (χ3v) is 4.63. The van der Waals surface area contributed by atoms with Crippen LogP contribution < -0.4 is 11.1 Å². The summed E-state index contributed by atoms with van der Waals surface area (Å²) in [6.45, 7) is 5.51. The lowest BCUT2D eigenvalue weighted by atomic mass is 10.0. The predicted octanol–water partition coefficient (Wildman–Crippen LogP) is 2.98. The van der Waals surface area contributed by atoms with Crippen LogP contribution in [0.2, 0.25) is 0 Å². The summed E-state index contributed by atoms with van der Waals surface area (Å²) in [5.74, 6) is -1.29. The molecular formula is C17H18FN3O2S. The molecule has 0 aliphatic rings. The summed E-state index contributed by atoms with van der Waals surface area (Å²) in [5.41, 5.74) is 8.61. The molecule has 2 rings (SSSR count). The van der Waals surface area contributed by atoms with Gasteiger partial charge in [-0.05, 0) is 50.1 Å². The van der Waals surface area contributed by atoms with E-state index in [-0.39, 0.29) is 11.7 Å². The molecule has 0 bridgehead atoms. The Bertz CT molecular complexity index is 809. The van der Waals surface area contributed by atoms with E-state index in [1.54, 1.807) is 13.0 Å². The Kier molecular flexibility index (Phi) is 5.56. The van der Waals surface area contributed by atoms with E-state index in [2.05, 4.69) is 10.3 Å². The number of aryl methyl sites for hydroxylation is 1. The zero-order valence-corrected chi connectivity index (χ0v) is 14.5. The van der Waals surface area contributed by atoms with Gasteiger partial charge >= 0.3 is 0 Å². The normalized spacial score (nSPS) is 10.5. The van der Waals surface area contributed by atoms with Gasteiger partial charge in [-0.15, -0.1) is 0 Å². The van der Waals surface area contributed by atoms with Crippen LogP contribution in [0.15, 0.2) is 29.3 Å². The summed E-state index contributed by atoms with van der Waals surface area (Å²) in [4.78, 5) is 28.1. The Labute approximate surface area is 143 Å². The number of rotatable bonds is 5. The molecule has 7 heteroatoms. The van der Waals surface area contributed by atoms with E-state index in [1.165, 1.54) is 18.2 Å². The average Bonchev–Trinajstić information content (AvgIpc) is 2.50. The number of hydrogen-bond acceptors (Lipinski definition) is 4. The first-order valence-electron chi connectivity index (χ1n) is 7.25. The first kappa shape index (κ1) is 17.9. The van der Waals surface area contributed by atoms with E-state index in [1.807, 2.05) is 13.8 Å². The predicted molar refractivity (Wildman–Crippen MR) is 92.7 cm³/mol. The van der Waals surface area contributed by atoms with Crippen LogP contribution in [-0.2, 0) is 4.79 Å². The zero-order chi connectivity index (χ0) is 17.9. The van der Waals surface area contributed by atoms with Gasteiger partial charge in [0.05, 0.1) is 11.3 Å². The second-order valence-corrected chi connectivity index (χ2v) is 6.30. The number of primary amides is 1. The number of nitrogens with two attached hydrogens (primary N) is 1. The number of nitrogens with zero attached hydrogens (tertiary/aromatic N) is 1. The fourth-order valence-electron chi connectivity index (χ4n) is 2.20. The molecule has 1 aromatic heterocycles. The number of anilines is 1. The largest absolute Gasteiger partial charge is 0.366 e. The molecule has 0 atom stereocenters. The third-order valence-electron chi connectivity index (χ3n) is 3.66. The van der Waals surface area contributed by atoms with Gasteiger partial charge in [-0.25, -0.2) is 9.37 Å². The van der Waals surface area contributed by atoms with Gasteiger partial charge in [-0.3, -0.25) is 9.59 Å². The Balaban J connectivity index is 2.14. The minimum absolute atomic E-state index is 0.0335. The minimum atomic E-state index is -0.573. The smallest absolute Gasteiger partial charge is 0.251 e. The molecule has 1 heterocycles. The molecule has 1 aromatic carbocycles. The molecule has 126 valence electrons. The third kappa shape index (κ3) is 4.11. The van der Waals surface area contributed by atoms with Crippen molar-refractivity contribution < 1.29 is 14.0 Å². The van der Waals surface area contributed by atoms with Gasteiger partial charge in [0, 0.05) is 11.4 Å². The Morgan fingerprint density at radius 2 is 1.96 bits per heavy atom. The molecule has 0 saturated carbocycles. The lowest BCUT2D eigenvalue weighted by Gasteiger charge is -2.13. The molecule has 3 N–H and O–H groups in total. The zero-order valence-electron chi connectivity index (χ0n) is 13.6. The highest BCUT2D eigenvalue weighted by Crippen LogP contribution is 2.26. The van der Waals surface area contributed by atoms with Gasteiger partial charge in [0.15, 0.2) is 0 Å². The summed E-state index contributed by atoms with van der Waals surface area (Å²) in [7, 11) is 0. The van der Waals surface area contributed by atoms with Crippen LogP contribution in [-0.4, -0.2) is 22.6 Å². The molecule has 2 amide bonds.